The van der Waals surface area contributed by atoms with Crippen LogP contribution in [0.2, 0.25) is 0 Å². The van der Waals surface area contributed by atoms with E-state index in [0.29, 0.717) is 13.2 Å². The molecule has 104 valence electrons. The average Bonchev–Trinajstić information content (AvgIpc) is 3.16. The van der Waals surface area contributed by atoms with Gasteiger partial charge in [-0.1, -0.05) is 0 Å². The van der Waals surface area contributed by atoms with Crippen molar-refractivity contribution in [1.82, 2.24) is 29.9 Å². The van der Waals surface area contributed by atoms with Crippen molar-refractivity contribution in [3.05, 3.63) is 49.6 Å². The van der Waals surface area contributed by atoms with E-state index < -0.39 is 0 Å². The van der Waals surface area contributed by atoms with Gasteiger partial charge in [-0.25, -0.2) is 14.6 Å². The number of aromatic nitrogens is 6. The van der Waals surface area contributed by atoms with E-state index >= 15 is 0 Å². The molecular weight excluding hydrogens is 260 g/mol. The topological polar surface area (TPSA) is 102 Å². The van der Waals surface area contributed by atoms with Crippen molar-refractivity contribution in [2.24, 2.45) is 0 Å². The number of aromatic hydroxyl groups is 1. The maximum atomic E-state index is 9.05. The van der Waals surface area contributed by atoms with Crippen LogP contribution in [0.25, 0.3) is 0 Å². The number of H-pyrrole nitrogens is 1. The molecule has 0 saturated carbocycles. The second-order valence-electron chi connectivity index (χ2n) is 3.65. The average molecular weight is 274 g/mol. The summed E-state index contributed by atoms with van der Waals surface area (Å²) in [6.07, 6.45) is 6.08. The van der Waals surface area contributed by atoms with Gasteiger partial charge in [-0.05, 0) is 24.3 Å². The van der Waals surface area contributed by atoms with Crippen molar-refractivity contribution >= 4 is 0 Å². The molecule has 8 heteroatoms. The minimum absolute atomic E-state index is 0.235. The SMILES string of the molecule is Oc1ccc(OCCn2cncn2)cc1.c1nc[nH]n1. The summed E-state index contributed by atoms with van der Waals surface area (Å²) in [6.45, 7) is 1.18. The second-order valence-corrected chi connectivity index (χ2v) is 3.65. The first-order valence-corrected chi connectivity index (χ1v) is 5.87. The molecule has 0 amide bonds. The van der Waals surface area contributed by atoms with Crippen LogP contribution in [0.1, 0.15) is 0 Å². The Morgan fingerprint density at radius 3 is 2.55 bits per heavy atom. The number of phenolic OH excluding ortho intramolecular Hbond substituents is 1. The molecule has 0 fully saturated rings. The van der Waals surface area contributed by atoms with Crippen molar-refractivity contribution in [2.45, 2.75) is 6.54 Å². The number of aromatic amines is 1. The van der Waals surface area contributed by atoms with Gasteiger partial charge < -0.3 is 9.84 Å². The first kappa shape index (κ1) is 13.5. The minimum Gasteiger partial charge on any atom is -0.508 e. The predicted molar refractivity (Wildman–Crippen MR) is 70.0 cm³/mol. The number of benzene rings is 1. The van der Waals surface area contributed by atoms with E-state index in [-0.39, 0.29) is 5.75 Å². The monoisotopic (exact) mass is 274 g/mol. The smallest absolute Gasteiger partial charge is 0.137 e. The number of hydrogen-bond acceptors (Lipinski definition) is 6. The van der Waals surface area contributed by atoms with Crippen LogP contribution >= 0.6 is 0 Å². The number of nitrogens with one attached hydrogen (secondary N) is 1. The molecule has 8 nitrogen and oxygen atoms in total. The molecule has 2 N–H and O–H groups in total. The lowest BCUT2D eigenvalue weighted by molar-refractivity contribution is 0.290. The van der Waals surface area contributed by atoms with Crippen LogP contribution in [0.3, 0.4) is 0 Å². The Hall–Kier alpha value is -2.90. The molecule has 3 rings (SSSR count). The fraction of sp³-hybridized carbons (Fsp3) is 0.167. The summed E-state index contributed by atoms with van der Waals surface area (Å²) in [4.78, 5) is 7.38. The van der Waals surface area contributed by atoms with Gasteiger partial charge in [0, 0.05) is 0 Å². The molecule has 0 aliphatic carbocycles. The van der Waals surface area contributed by atoms with Crippen molar-refractivity contribution in [2.75, 3.05) is 6.61 Å². The highest BCUT2D eigenvalue weighted by Gasteiger charge is 1.95. The van der Waals surface area contributed by atoms with Crippen molar-refractivity contribution in [1.29, 1.82) is 0 Å². The summed E-state index contributed by atoms with van der Waals surface area (Å²) in [5, 5.41) is 19.0. The van der Waals surface area contributed by atoms with E-state index in [2.05, 4.69) is 25.3 Å². The first-order valence-electron chi connectivity index (χ1n) is 5.87. The highest BCUT2D eigenvalue weighted by molar-refractivity contribution is 5.29. The van der Waals surface area contributed by atoms with Crippen molar-refractivity contribution in [3.63, 3.8) is 0 Å². The van der Waals surface area contributed by atoms with E-state index in [4.69, 9.17) is 9.84 Å². The molecule has 0 unspecified atom stereocenters. The van der Waals surface area contributed by atoms with Crippen LogP contribution in [0.5, 0.6) is 11.5 Å². The summed E-state index contributed by atoms with van der Waals surface area (Å²) < 4.78 is 7.13. The largest absolute Gasteiger partial charge is 0.508 e. The number of ether oxygens (including phenoxy) is 1. The summed E-state index contributed by atoms with van der Waals surface area (Å²) >= 11 is 0. The number of nitrogens with zero attached hydrogens (tertiary/aromatic N) is 5. The third-order valence-corrected chi connectivity index (χ3v) is 2.22. The predicted octanol–water partition coefficient (Wildman–Crippen LogP) is 0.867. The van der Waals surface area contributed by atoms with Gasteiger partial charge in [0.1, 0.15) is 43.4 Å². The zero-order valence-electron chi connectivity index (χ0n) is 10.6. The molecule has 0 spiro atoms. The van der Waals surface area contributed by atoms with Gasteiger partial charge in [0.25, 0.3) is 0 Å². The molecule has 0 atom stereocenters. The highest BCUT2D eigenvalue weighted by atomic mass is 16.5. The second kappa shape index (κ2) is 7.52. The lowest BCUT2D eigenvalue weighted by Crippen LogP contribution is -2.08. The Morgan fingerprint density at radius 2 is 2.00 bits per heavy atom. The van der Waals surface area contributed by atoms with Gasteiger partial charge in [-0.15, -0.1) is 0 Å². The molecule has 0 aliphatic heterocycles. The quantitative estimate of drug-likeness (QED) is 0.732. The normalized spacial score (nSPS) is 9.60. The third-order valence-electron chi connectivity index (χ3n) is 2.22. The fourth-order valence-electron chi connectivity index (χ4n) is 1.31. The Kier molecular flexibility index (Phi) is 5.08. The van der Waals surface area contributed by atoms with Crippen LogP contribution < -0.4 is 4.74 Å². The van der Waals surface area contributed by atoms with E-state index in [1.54, 1.807) is 35.3 Å². The first-order chi connectivity index (χ1) is 9.84. The number of hydrogen-bond donors (Lipinski definition) is 2. The Morgan fingerprint density at radius 1 is 1.15 bits per heavy atom. The highest BCUT2D eigenvalue weighted by Crippen LogP contribution is 2.15. The molecule has 0 saturated heterocycles. The Balaban J connectivity index is 0.000000247. The molecule has 0 aliphatic rings. The van der Waals surface area contributed by atoms with Gasteiger partial charge in [0.2, 0.25) is 0 Å². The van der Waals surface area contributed by atoms with E-state index in [9.17, 15) is 0 Å². The molecule has 2 aromatic heterocycles. The molecule has 3 aromatic rings. The number of rotatable bonds is 4. The zero-order valence-corrected chi connectivity index (χ0v) is 10.6. The van der Waals surface area contributed by atoms with Crippen LogP contribution in [-0.2, 0) is 6.54 Å². The van der Waals surface area contributed by atoms with Crippen LogP contribution in [0.4, 0.5) is 0 Å². The maximum Gasteiger partial charge on any atom is 0.137 e. The molecule has 1 aromatic carbocycles. The van der Waals surface area contributed by atoms with Crippen LogP contribution in [0, 0.1) is 0 Å². The summed E-state index contributed by atoms with van der Waals surface area (Å²) in [6, 6.07) is 6.61. The van der Waals surface area contributed by atoms with Crippen LogP contribution in [-0.4, -0.2) is 41.7 Å². The van der Waals surface area contributed by atoms with Gasteiger partial charge in [-0.2, -0.15) is 10.2 Å². The van der Waals surface area contributed by atoms with Gasteiger partial charge in [-0.3, -0.25) is 5.10 Å². The number of phenols is 1. The standard InChI is InChI=1S/C10H11N3O2.C2H3N3/c14-9-1-3-10(4-2-9)15-6-5-13-8-11-7-12-13;1-3-2-5-4-1/h1-4,7-8,14H,5-6H2;1-2H,(H,3,4,5). The van der Waals surface area contributed by atoms with E-state index in [1.807, 2.05) is 0 Å². The summed E-state index contributed by atoms with van der Waals surface area (Å²) in [7, 11) is 0. The maximum absolute atomic E-state index is 9.05. The Bertz CT molecular complexity index is 547. The van der Waals surface area contributed by atoms with Crippen molar-refractivity contribution in [3.8, 4) is 11.5 Å². The molecule has 2 heterocycles. The minimum atomic E-state index is 0.235. The Labute approximate surface area is 115 Å². The lowest BCUT2D eigenvalue weighted by atomic mass is 10.3. The third kappa shape index (κ3) is 4.77. The van der Waals surface area contributed by atoms with Gasteiger partial charge in [0.05, 0.1) is 6.54 Å². The van der Waals surface area contributed by atoms with Gasteiger partial charge >= 0.3 is 0 Å². The lowest BCUT2D eigenvalue weighted by Gasteiger charge is -2.05. The van der Waals surface area contributed by atoms with E-state index in [1.165, 1.54) is 19.0 Å². The fourth-order valence-corrected chi connectivity index (χ4v) is 1.31. The summed E-state index contributed by atoms with van der Waals surface area (Å²) in [5.74, 6) is 0.964. The van der Waals surface area contributed by atoms with Crippen molar-refractivity contribution < 1.29 is 9.84 Å². The molecular formula is C12H14N6O2. The zero-order chi connectivity index (χ0) is 14.0. The van der Waals surface area contributed by atoms with E-state index in [0.717, 1.165) is 5.75 Å². The molecule has 0 radical (unpaired) electrons. The molecule has 0 bridgehead atoms. The summed E-state index contributed by atoms with van der Waals surface area (Å²) in [5.41, 5.74) is 0. The van der Waals surface area contributed by atoms with Crippen LogP contribution in [0.15, 0.2) is 49.6 Å². The van der Waals surface area contributed by atoms with Gasteiger partial charge in [0.15, 0.2) is 0 Å². The molecule has 20 heavy (non-hydrogen) atoms.